The third-order valence-electron chi connectivity index (χ3n) is 5.62. The Morgan fingerprint density at radius 3 is 2.47 bits per heavy atom. The van der Waals surface area contributed by atoms with Crippen LogP contribution < -0.4 is 14.4 Å². The maximum atomic E-state index is 11.9. The number of hydrogen-bond donors (Lipinski definition) is 1. The van der Waals surface area contributed by atoms with Crippen molar-refractivity contribution in [2.45, 2.75) is 33.2 Å². The topological polar surface area (TPSA) is 98.9 Å². The summed E-state index contributed by atoms with van der Waals surface area (Å²) >= 11 is 0. The molecule has 160 valence electrons. The summed E-state index contributed by atoms with van der Waals surface area (Å²) in [6.07, 6.45) is 1.32. The van der Waals surface area contributed by atoms with Gasteiger partial charge >= 0.3 is 6.09 Å². The fourth-order valence-electron chi connectivity index (χ4n) is 4.09. The number of carbonyl (C=O) groups is 1. The molecule has 1 aromatic carbocycles. The van der Waals surface area contributed by atoms with E-state index in [0.29, 0.717) is 48.6 Å². The van der Waals surface area contributed by atoms with Crippen molar-refractivity contribution in [2.24, 2.45) is 5.41 Å². The Hall–Kier alpha value is -3.21. The Kier molecular flexibility index (Phi) is 5.92. The Bertz CT molecular complexity index is 993. The highest BCUT2D eigenvalue weighted by Gasteiger charge is 2.37. The number of benzene rings is 1. The molecule has 1 saturated heterocycles. The van der Waals surface area contributed by atoms with Gasteiger partial charge in [-0.05, 0) is 17.9 Å². The fraction of sp³-hybridized carbons (Fsp3) is 0.500. The van der Waals surface area contributed by atoms with Crippen molar-refractivity contribution in [3.8, 4) is 17.6 Å². The van der Waals surface area contributed by atoms with E-state index < -0.39 is 6.09 Å². The molecule has 0 bridgehead atoms. The van der Waals surface area contributed by atoms with E-state index in [1.165, 1.54) is 4.90 Å². The highest BCUT2D eigenvalue weighted by molar-refractivity contribution is 5.96. The molecule has 1 aliphatic rings. The summed E-state index contributed by atoms with van der Waals surface area (Å²) < 4.78 is 10.9. The minimum absolute atomic E-state index is 0.229. The van der Waals surface area contributed by atoms with Crippen molar-refractivity contribution < 1.29 is 19.4 Å². The van der Waals surface area contributed by atoms with Gasteiger partial charge in [0.25, 0.3) is 0 Å². The van der Waals surface area contributed by atoms with E-state index in [9.17, 15) is 15.2 Å². The predicted molar refractivity (Wildman–Crippen MR) is 114 cm³/mol. The van der Waals surface area contributed by atoms with Crippen LogP contribution >= 0.6 is 0 Å². The Balaban J connectivity index is 2.18. The normalized spacial score (nSPS) is 17.4. The number of aromatic nitrogens is 1. The number of fused-ring (bicyclic) bond motifs is 1. The molecule has 3 rings (SSSR count). The number of amides is 1. The first kappa shape index (κ1) is 21.5. The van der Waals surface area contributed by atoms with Crippen LogP contribution in [0.25, 0.3) is 10.9 Å². The Morgan fingerprint density at radius 1 is 1.23 bits per heavy atom. The van der Waals surface area contributed by atoms with Crippen LogP contribution in [-0.4, -0.2) is 61.0 Å². The van der Waals surface area contributed by atoms with E-state index >= 15 is 0 Å². The molecule has 1 amide bonds. The summed E-state index contributed by atoms with van der Waals surface area (Å²) in [5.74, 6) is 1.12. The second-order valence-electron chi connectivity index (χ2n) is 8.51. The Morgan fingerprint density at radius 2 is 1.90 bits per heavy atom. The summed E-state index contributed by atoms with van der Waals surface area (Å²) in [6, 6.07) is 5.65. The lowest BCUT2D eigenvalue weighted by Gasteiger charge is -2.39. The van der Waals surface area contributed by atoms with E-state index in [2.05, 4.69) is 16.0 Å². The maximum absolute atomic E-state index is 11.9. The van der Waals surface area contributed by atoms with Gasteiger partial charge in [0.2, 0.25) is 0 Å². The van der Waals surface area contributed by atoms with E-state index in [1.807, 2.05) is 26.8 Å². The molecule has 1 atom stereocenters. The first-order chi connectivity index (χ1) is 14.2. The number of methoxy groups -OCH3 is 2. The summed E-state index contributed by atoms with van der Waals surface area (Å²) in [7, 11) is 3.13. The molecule has 2 heterocycles. The molecule has 0 spiro atoms. The molecule has 1 fully saturated rings. The number of nitrogens with zero attached hydrogens (tertiary/aromatic N) is 4. The van der Waals surface area contributed by atoms with Crippen molar-refractivity contribution in [3.63, 3.8) is 0 Å². The van der Waals surface area contributed by atoms with Crippen LogP contribution in [-0.2, 0) is 0 Å². The number of rotatable bonds is 3. The smallest absolute Gasteiger partial charge is 0.407 e. The van der Waals surface area contributed by atoms with Crippen LogP contribution in [0.2, 0.25) is 0 Å². The lowest BCUT2D eigenvalue weighted by Crippen LogP contribution is -2.51. The van der Waals surface area contributed by atoms with Gasteiger partial charge < -0.3 is 24.4 Å². The highest BCUT2D eigenvalue weighted by atomic mass is 16.5. The molecule has 1 aliphatic heterocycles. The molecular weight excluding hydrogens is 384 g/mol. The summed E-state index contributed by atoms with van der Waals surface area (Å²) in [5, 5.41) is 20.3. The zero-order valence-electron chi connectivity index (χ0n) is 18.1. The molecule has 8 heteroatoms. The maximum Gasteiger partial charge on any atom is 0.407 e. The van der Waals surface area contributed by atoms with Crippen LogP contribution in [0, 0.1) is 16.7 Å². The molecule has 30 heavy (non-hydrogen) atoms. The average molecular weight is 412 g/mol. The average Bonchev–Trinajstić information content (AvgIpc) is 2.94. The van der Waals surface area contributed by atoms with Crippen molar-refractivity contribution in [1.29, 1.82) is 5.26 Å². The van der Waals surface area contributed by atoms with E-state index in [4.69, 9.17) is 9.47 Å². The third-order valence-corrected chi connectivity index (χ3v) is 5.62. The summed E-state index contributed by atoms with van der Waals surface area (Å²) in [4.78, 5) is 20.0. The molecule has 1 unspecified atom stereocenters. The summed E-state index contributed by atoms with van der Waals surface area (Å²) in [6.45, 7) is 7.70. The molecular formula is C22H28N4O4. The van der Waals surface area contributed by atoms with Crippen molar-refractivity contribution in [1.82, 2.24) is 9.88 Å². The van der Waals surface area contributed by atoms with Gasteiger partial charge in [-0.3, -0.25) is 4.98 Å². The zero-order valence-corrected chi connectivity index (χ0v) is 18.1. The molecule has 0 saturated carbocycles. The Labute approximate surface area is 176 Å². The second-order valence-corrected chi connectivity index (χ2v) is 8.51. The minimum atomic E-state index is -0.914. The van der Waals surface area contributed by atoms with E-state index in [-0.39, 0.29) is 11.5 Å². The zero-order chi connectivity index (χ0) is 22.1. The van der Waals surface area contributed by atoms with Crippen LogP contribution in [0.15, 0.2) is 18.3 Å². The number of ether oxygens (including phenoxy) is 2. The van der Waals surface area contributed by atoms with Crippen LogP contribution in [0.3, 0.4) is 0 Å². The quantitative estimate of drug-likeness (QED) is 0.820. The van der Waals surface area contributed by atoms with E-state index in [0.717, 1.165) is 11.1 Å². The van der Waals surface area contributed by atoms with Crippen molar-refractivity contribution in [3.05, 3.63) is 23.9 Å². The lowest BCUT2D eigenvalue weighted by atomic mass is 9.85. The van der Waals surface area contributed by atoms with Crippen LogP contribution in [0.4, 0.5) is 10.5 Å². The first-order valence-electron chi connectivity index (χ1n) is 9.90. The monoisotopic (exact) mass is 412 g/mol. The van der Waals surface area contributed by atoms with Crippen molar-refractivity contribution >= 4 is 22.7 Å². The van der Waals surface area contributed by atoms with Gasteiger partial charge in [0.1, 0.15) is 6.07 Å². The van der Waals surface area contributed by atoms with Gasteiger partial charge in [0.05, 0.1) is 37.0 Å². The van der Waals surface area contributed by atoms with Crippen LogP contribution in [0.5, 0.6) is 11.5 Å². The summed E-state index contributed by atoms with van der Waals surface area (Å²) in [5.41, 5.74) is 1.63. The molecule has 8 nitrogen and oxygen atoms in total. The fourth-order valence-corrected chi connectivity index (χ4v) is 4.09. The number of nitriles is 1. The van der Waals surface area contributed by atoms with E-state index in [1.54, 1.807) is 26.5 Å². The minimum Gasteiger partial charge on any atom is -0.493 e. The van der Waals surface area contributed by atoms with Gasteiger partial charge in [0, 0.05) is 37.3 Å². The predicted octanol–water partition coefficient (Wildman–Crippen LogP) is 3.73. The highest BCUT2D eigenvalue weighted by Crippen LogP contribution is 2.39. The second kappa shape index (κ2) is 8.27. The van der Waals surface area contributed by atoms with Gasteiger partial charge in [-0.2, -0.15) is 5.26 Å². The molecule has 0 radical (unpaired) electrons. The number of hydrogen-bond acceptors (Lipinski definition) is 6. The van der Waals surface area contributed by atoms with Gasteiger partial charge in [-0.1, -0.05) is 20.8 Å². The third kappa shape index (κ3) is 3.92. The number of pyridine rings is 1. The molecule has 1 N–H and O–H groups in total. The lowest BCUT2D eigenvalue weighted by molar-refractivity contribution is 0.0902. The standard InChI is InChI=1S/C22H28N4O4/c1-22(2,3)19-13-25(7-6-8-26(19)21(27)28)20-14(11-23)12-24-16-10-18(30-5)17(29-4)9-15(16)20/h9-10,12,19H,6-8,13H2,1-5H3,(H,27,28). The number of carboxylic acid groups (broad SMARTS) is 1. The van der Waals surface area contributed by atoms with Gasteiger partial charge in [0.15, 0.2) is 11.5 Å². The largest absolute Gasteiger partial charge is 0.493 e. The van der Waals surface area contributed by atoms with Gasteiger partial charge in [-0.15, -0.1) is 0 Å². The molecule has 0 aliphatic carbocycles. The number of anilines is 1. The SMILES string of the molecule is COc1cc2ncc(C#N)c(N3CCCN(C(=O)O)C(C(C)(C)C)C3)c2cc1OC. The first-order valence-corrected chi connectivity index (χ1v) is 9.90. The molecule has 2 aromatic rings. The van der Waals surface area contributed by atoms with Crippen molar-refractivity contribution in [2.75, 3.05) is 38.8 Å². The van der Waals surface area contributed by atoms with Crippen LogP contribution in [0.1, 0.15) is 32.8 Å². The molecule has 1 aromatic heterocycles. The van der Waals surface area contributed by atoms with Gasteiger partial charge in [-0.25, -0.2) is 4.79 Å².